The van der Waals surface area contributed by atoms with Crippen molar-refractivity contribution in [2.75, 3.05) is 44.2 Å². The molecule has 0 radical (unpaired) electrons. The molecule has 2 aromatic rings. The molecule has 182 valence electrons. The lowest BCUT2D eigenvalue weighted by Crippen LogP contribution is -2.51. The van der Waals surface area contributed by atoms with Crippen molar-refractivity contribution in [1.82, 2.24) is 15.5 Å². The van der Waals surface area contributed by atoms with E-state index < -0.39 is 29.8 Å². The maximum absolute atomic E-state index is 13.1. The predicted molar refractivity (Wildman–Crippen MR) is 117 cm³/mol. The standard InChI is InChI=1S/C23H25F3N4O4/c1-2-33-21(31)19-17(27-22(32)28-20(19)18-7-4-12-34-18)14-29-8-10-30(11-9-29)16-6-3-5-15(13-16)23(24,25)26/h3-7,12-13,20H,2,8-11,14H2,1H3,(H2,27,28,32). The van der Waals surface area contributed by atoms with Gasteiger partial charge in [-0.25, -0.2) is 9.59 Å². The molecular weight excluding hydrogens is 453 g/mol. The van der Waals surface area contributed by atoms with E-state index in [0.29, 0.717) is 43.3 Å². The van der Waals surface area contributed by atoms with Crippen molar-refractivity contribution in [3.05, 3.63) is 65.3 Å². The Bertz CT molecular complexity index is 1060. The number of nitrogens with one attached hydrogen (secondary N) is 2. The molecule has 0 spiro atoms. The molecule has 0 aliphatic carbocycles. The largest absolute Gasteiger partial charge is 0.467 e. The van der Waals surface area contributed by atoms with Crippen molar-refractivity contribution in [3.8, 4) is 0 Å². The third-order valence-corrected chi connectivity index (χ3v) is 5.77. The molecule has 4 rings (SSSR count). The molecule has 1 unspecified atom stereocenters. The normalized spacial score (nSPS) is 19.6. The van der Waals surface area contributed by atoms with E-state index in [1.807, 2.05) is 9.80 Å². The van der Waals surface area contributed by atoms with E-state index in [9.17, 15) is 22.8 Å². The van der Waals surface area contributed by atoms with Crippen molar-refractivity contribution in [1.29, 1.82) is 0 Å². The van der Waals surface area contributed by atoms with Gasteiger partial charge in [0.1, 0.15) is 11.8 Å². The number of ether oxygens (including phenoxy) is 1. The number of amides is 2. The van der Waals surface area contributed by atoms with Crippen molar-refractivity contribution in [2.45, 2.75) is 19.1 Å². The van der Waals surface area contributed by atoms with E-state index in [4.69, 9.17) is 9.15 Å². The van der Waals surface area contributed by atoms with Gasteiger partial charge in [0, 0.05) is 44.1 Å². The Morgan fingerprint density at radius 1 is 1.18 bits per heavy atom. The van der Waals surface area contributed by atoms with Crippen LogP contribution in [0.1, 0.15) is 24.3 Å². The number of carbonyl (C=O) groups excluding carboxylic acids is 2. The number of esters is 1. The van der Waals surface area contributed by atoms with Crippen LogP contribution in [0, 0.1) is 0 Å². The number of urea groups is 1. The number of alkyl halides is 3. The predicted octanol–water partition coefficient (Wildman–Crippen LogP) is 3.29. The van der Waals surface area contributed by atoms with Crippen LogP contribution in [0.3, 0.4) is 0 Å². The molecule has 0 bridgehead atoms. The minimum absolute atomic E-state index is 0.171. The van der Waals surface area contributed by atoms with E-state index in [-0.39, 0.29) is 18.7 Å². The van der Waals surface area contributed by atoms with E-state index >= 15 is 0 Å². The average molecular weight is 478 g/mol. The second kappa shape index (κ2) is 9.80. The topological polar surface area (TPSA) is 87.0 Å². The van der Waals surface area contributed by atoms with E-state index in [1.165, 1.54) is 12.3 Å². The third kappa shape index (κ3) is 5.19. The van der Waals surface area contributed by atoms with Gasteiger partial charge in [0.2, 0.25) is 0 Å². The molecule has 0 saturated carbocycles. The fourth-order valence-electron chi connectivity index (χ4n) is 4.13. The number of halogens is 3. The number of benzene rings is 1. The molecule has 1 aromatic carbocycles. The Labute approximate surface area is 194 Å². The fourth-order valence-corrected chi connectivity index (χ4v) is 4.13. The number of piperazine rings is 1. The first-order valence-electron chi connectivity index (χ1n) is 10.9. The molecule has 2 amide bonds. The van der Waals surface area contributed by atoms with Gasteiger partial charge in [0.25, 0.3) is 0 Å². The minimum atomic E-state index is -4.40. The highest BCUT2D eigenvalue weighted by Gasteiger charge is 2.36. The lowest BCUT2D eigenvalue weighted by atomic mass is 9.99. The van der Waals surface area contributed by atoms with Gasteiger partial charge in [-0.15, -0.1) is 0 Å². The summed E-state index contributed by atoms with van der Waals surface area (Å²) in [6.07, 6.45) is -2.94. The summed E-state index contributed by atoms with van der Waals surface area (Å²) < 4.78 is 49.9. The second-order valence-corrected chi connectivity index (χ2v) is 7.97. The summed E-state index contributed by atoms with van der Waals surface area (Å²) in [6, 6.07) is 7.35. The van der Waals surface area contributed by atoms with E-state index in [1.54, 1.807) is 25.1 Å². The average Bonchev–Trinajstić information content (AvgIpc) is 3.34. The summed E-state index contributed by atoms with van der Waals surface area (Å²) in [5.74, 6) is -0.154. The molecule has 8 nitrogen and oxygen atoms in total. The van der Waals surface area contributed by atoms with Gasteiger partial charge in [-0.05, 0) is 37.3 Å². The quantitative estimate of drug-likeness (QED) is 0.620. The molecule has 1 aromatic heterocycles. The Morgan fingerprint density at radius 2 is 1.94 bits per heavy atom. The number of furan rings is 1. The van der Waals surface area contributed by atoms with Crippen LogP contribution in [0.4, 0.5) is 23.7 Å². The monoisotopic (exact) mass is 478 g/mol. The summed E-state index contributed by atoms with van der Waals surface area (Å²) in [7, 11) is 0. The van der Waals surface area contributed by atoms with E-state index in [0.717, 1.165) is 12.1 Å². The zero-order chi connectivity index (χ0) is 24.3. The van der Waals surface area contributed by atoms with E-state index in [2.05, 4.69) is 10.6 Å². The highest BCUT2D eigenvalue weighted by atomic mass is 19.4. The summed E-state index contributed by atoms with van der Waals surface area (Å²) in [6.45, 7) is 4.20. The number of rotatable bonds is 6. The first-order valence-corrected chi connectivity index (χ1v) is 10.9. The summed E-state index contributed by atoms with van der Waals surface area (Å²) >= 11 is 0. The number of carbonyl (C=O) groups is 2. The Hall–Kier alpha value is -3.47. The number of nitrogens with zero attached hydrogens (tertiary/aromatic N) is 2. The molecule has 3 heterocycles. The van der Waals surface area contributed by atoms with Crippen LogP contribution in [0.2, 0.25) is 0 Å². The number of hydrogen-bond acceptors (Lipinski definition) is 6. The first-order chi connectivity index (χ1) is 16.3. The molecular formula is C23H25F3N4O4. The van der Waals surface area contributed by atoms with Crippen LogP contribution < -0.4 is 15.5 Å². The maximum Gasteiger partial charge on any atom is 0.416 e. The third-order valence-electron chi connectivity index (χ3n) is 5.77. The zero-order valence-corrected chi connectivity index (χ0v) is 18.5. The highest BCUT2D eigenvalue weighted by molar-refractivity contribution is 5.95. The maximum atomic E-state index is 13.1. The number of hydrogen-bond donors (Lipinski definition) is 2. The van der Waals surface area contributed by atoms with Crippen LogP contribution in [0.5, 0.6) is 0 Å². The van der Waals surface area contributed by atoms with Crippen LogP contribution in [-0.4, -0.2) is 56.2 Å². The smallest absolute Gasteiger partial charge is 0.416 e. The molecule has 1 fully saturated rings. The van der Waals surface area contributed by atoms with Gasteiger partial charge in [-0.1, -0.05) is 6.07 Å². The summed E-state index contributed by atoms with van der Waals surface area (Å²) in [4.78, 5) is 29.0. The van der Waals surface area contributed by atoms with Crippen LogP contribution >= 0.6 is 0 Å². The SMILES string of the molecule is CCOC(=O)C1=C(CN2CCN(c3cccc(C(F)(F)F)c3)CC2)NC(=O)NC1c1ccco1. The molecule has 34 heavy (non-hydrogen) atoms. The first kappa shape index (κ1) is 23.7. The van der Waals surface area contributed by atoms with Crippen molar-refractivity contribution in [2.24, 2.45) is 0 Å². The van der Waals surface area contributed by atoms with Gasteiger partial charge >= 0.3 is 18.2 Å². The lowest BCUT2D eigenvalue weighted by Gasteiger charge is -2.38. The Morgan fingerprint density at radius 3 is 2.59 bits per heavy atom. The van der Waals surface area contributed by atoms with Crippen LogP contribution in [0.15, 0.2) is 58.3 Å². The minimum Gasteiger partial charge on any atom is -0.467 e. The van der Waals surface area contributed by atoms with Gasteiger partial charge in [0.15, 0.2) is 0 Å². The highest BCUT2D eigenvalue weighted by Crippen LogP contribution is 2.32. The molecule has 2 N–H and O–H groups in total. The molecule has 11 heteroatoms. The van der Waals surface area contributed by atoms with Crippen molar-refractivity contribution in [3.63, 3.8) is 0 Å². The number of anilines is 1. The Kier molecular flexibility index (Phi) is 6.82. The Balaban J connectivity index is 1.50. The lowest BCUT2D eigenvalue weighted by molar-refractivity contribution is -0.139. The molecule has 1 atom stereocenters. The van der Waals surface area contributed by atoms with Gasteiger partial charge in [-0.2, -0.15) is 13.2 Å². The molecule has 2 aliphatic heterocycles. The van der Waals surface area contributed by atoms with Gasteiger partial charge in [-0.3, -0.25) is 4.90 Å². The molecule has 1 saturated heterocycles. The van der Waals surface area contributed by atoms with Crippen LogP contribution in [0.25, 0.3) is 0 Å². The second-order valence-electron chi connectivity index (χ2n) is 7.97. The van der Waals surface area contributed by atoms with Gasteiger partial charge in [0.05, 0.1) is 24.0 Å². The summed E-state index contributed by atoms with van der Waals surface area (Å²) in [5, 5.41) is 5.42. The van der Waals surface area contributed by atoms with Crippen LogP contribution in [-0.2, 0) is 15.7 Å². The summed E-state index contributed by atoms with van der Waals surface area (Å²) in [5.41, 5.74) is 0.500. The van der Waals surface area contributed by atoms with Crippen molar-refractivity contribution >= 4 is 17.7 Å². The molecule has 2 aliphatic rings. The fraction of sp³-hybridized carbons (Fsp3) is 0.391. The van der Waals surface area contributed by atoms with Crippen molar-refractivity contribution < 1.29 is 31.9 Å². The van der Waals surface area contributed by atoms with Gasteiger partial charge < -0.3 is 24.7 Å². The zero-order valence-electron chi connectivity index (χ0n) is 18.5.